The molecule has 0 saturated carbocycles. The Hall–Kier alpha value is -1.88. The molecule has 5 heteroatoms. The van der Waals surface area contributed by atoms with Crippen LogP contribution in [0.5, 0.6) is 5.75 Å². The number of pyridine rings is 1. The summed E-state index contributed by atoms with van der Waals surface area (Å²) in [5, 5.41) is 8.57. The van der Waals surface area contributed by atoms with Crippen molar-refractivity contribution in [1.82, 2.24) is 15.0 Å². The molecule has 2 rings (SSSR count). The fourth-order valence-electron chi connectivity index (χ4n) is 0.931. The van der Waals surface area contributed by atoms with Crippen molar-refractivity contribution in [3.05, 3.63) is 42.7 Å². The third-order valence-corrected chi connectivity index (χ3v) is 1.61. The van der Waals surface area contributed by atoms with Gasteiger partial charge < -0.3 is 15.8 Å². The van der Waals surface area contributed by atoms with Crippen molar-refractivity contribution in [2.24, 2.45) is 5.73 Å². The maximum atomic E-state index is 8.57. The number of aromatic hydroxyl groups is 1. The van der Waals surface area contributed by atoms with Crippen molar-refractivity contribution in [3.63, 3.8) is 0 Å². The van der Waals surface area contributed by atoms with Crippen LogP contribution in [0, 0.1) is 0 Å². The molecule has 0 aliphatic heterocycles. The number of hydrogen-bond donors (Lipinski definition) is 3. The van der Waals surface area contributed by atoms with E-state index in [4.69, 9.17) is 10.8 Å². The first-order chi connectivity index (χ1) is 7.33. The SMILES string of the molecule is NCCc1cnc[nH]1.Oc1cccnc1. The summed E-state index contributed by atoms with van der Waals surface area (Å²) in [6.45, 7) is 0.683. The van der Waals surface area contributed by atoms with Crippen molar-refractivity contribution in [3.8, 4) is 5.75 Å². The van der Waals surface area contributed by atoms with Crippen molar-refractivity contribution in [1.29, 1.82) is 0 Å². The van der Waals surface area contributed by atoms with Gasteiger partial charge in [-0.25, -0.2) is 4.98 Å². The summed E-state index contributed by atoms with van der Waals surface area (Å²) in [5.41, 5.74) is 6.38. The van der Waals surface area contributed by atoms with Crippen LogP contribution in [0.2, 0.25) is 0 Å². The van der Waals surface area contributed by atoms with E-state index in [-0.39, 0.29) is 5.75 Å². The molecule has 2 heterocycles. The molecule has 5 nitrogen and oxygen atoms in total. The Morgan fingerprint density at radius 1 is 1.33 bits per heavy atom. The van der Waals surface area contributed by atoms with E-state index in [1.54, 1.807) is 30.9 Å². The average molecular weight is 206 g/mol. The second kappa shape index (κ2) is 6.56. The predicted molar refractivity (Wildman–Crippen MR) is 57.2 cm³/mol. The second-order valence-electron chi connectivity index (χ2n) is 2.83. The number of imidazole rings is 1. The third kappa shape index (κ3) is 4.78. The van der Waals surface area contributed by atoms with E-state index in [1.807, 2.05) is 0 Å². The summed E-state index contributed by atoms with van der Waals surface area (Å²) in [7, 11) is 0. The molecule has 0 aliphatic rings. The third-order valence-electron chi connectivity index (χ3n) is 1.61. The molecule has 0 saturated heterocycles. The molecule has 0 amide bonds. The van der Waals surface area contributed by atoms with E-state index in [9.17, 15) is 0 Å². The summed E-state index contributed by atoms with van der Waals surface area (Å²) < 4.78 is 0. The predicted octanol–water partition coefficient (Wildman–Crippen LogP) is 0.698. The van der Waals surface area contributed by atoms with Crippen LogP contribution in [0.1, 0.15) is 5.69 Å². The molecular formula is C10H14N4O. The summed E-state index contributed by atoms with van der Waals surface area (Å²) in [5.74, 6) is 0.211. The van der Waals surface area contributed by atoms with Gasteiger partial charge in [0, 0.05) is 24.5 Å². The van der Waals surface area contributed by atoms with Gasteiger partial charge in [0.05, 0.1) is 12.5 Å². The van der Waals surface area contributed by atoms with E-state index in [0.29, 0.717) is 6.54 Å². The molecule has 0 unspecified atom stereocenters. The highest BCUT2D eigenvalue weighted by molar-refractivity contribution is 5.12. The standard InChI is InChI=1S/C5H9N3.C5H5NO/c6-2-1-5-3-7-4-8-5;7-5-2-1-3-6-4-5/h3-4H,1-2,6H2,(H,7,8);1-4,7H. The van der Waals surface area contributed by atoms with E-state index >= 15 is 0 Å². The molecule has 0 radical (unpaired) electrons. The molecular weight excluding hydrogens is 192 g/mol. The number of nitrogens with zero attached hydrogens (tertiary/aromatic N) is 2. The zero-order valence-electron chi connectivity index (χ0n) is 8.30. The molecule has 0 aromatic carbocycles. The van der Waals surface area contributed by atoms with Gasteiger partial charge in [-0.05, 0) is 18.7 Å². The first-order valence-corrected chi connectivity index (χ1v) is 4.59. The minimum atomic E-state index is 0.211. The number of aromatic nitrogens is 3. The lowest BCUT2D eigenvalue weighted by Gasteiger charge is -1.86. The smallest absolute Gasteiger partial charge is 0.133 e. The van der Waals surface area contributed by atoms with E-state index in [1.165, 1.54) is 6.20 Å². The van der Waals surface area contributed by atoms with E-state index < -0.39 is 0 Å². The number of aromatic amines is 1. The van der Waals surface area contributed by atoms with Crippen molar-refractivity contribution >= 4 is 0 Å². The van der Waals surface area contributed by atoms with Crippen LogP contribution in [0.3, 0.4) is 0 Å². The number of hydrogen-bond acceptors (Lipinski definition) is 4. The lowest BCUT2D eigenvalue weighted by atomic mass is 10.3. The minimum absolute atomic E-state index is 0.211. The van der Waals surface area contributed by atoms with Gasteiger partial charge in [-0.15, -0.1) is 0 Å². The van der Waals surface area contributed by atoms with Crippen molar-refractivity contribution < 1.29 is 5.11 Å². The monoisotopic (exact) mass is 206 g/mol. The molecule has 15 heavy (non-hydrogen) atoms. The largest absolute Gasteiger partial charge is 0.506 e. The molecule has 0 spiro atoms. The van der Waals surface area contributed by atoms with Crippen LogP contribution in [0.15, 0.2) is 37.1 Å². The Balaban J connectivity index is 0.000000151. The van der Waals surface area contributed by atoms with Crippen LogP contribution >= 0.6 is 0 Å². The van der Waals surface area contributed by atoms with E-state index in [2.05, 4.69) is 15.0 Å². The van der Waals surface area contributed by atoms with Gasteiger partial charge >= 0.3 is 0 Å². The highest BCUT2D eigenvalue weighted by Gasteiger charge is 1.87. The fourth-order valence-corrected chi connectivity index (χ4v) is 0.931. The van der Waals surface area contributed by atoms with E-state index in [0.717, 1.165) is 12.1 Å². The Labute approximate surface area is 88.0 Å². The number of H-pyrrole nitrogens is 1. The highest BCUT2D eigenvalue weighted by Crippen LogP contribution is 1.99. The highest BCUT2D eigenvalue weighted by atomic mass is 16.3. The molecule has 0 atom stereocenters. The van der Waals surface area contributed by atoms with Crippen LogP contribution in [-0.4, -0.2) is 26.6 Å². The topological polar surface area (TPSA) is 87.8 Å². The molecule has 80 valence electrons. The van der Waals surface area contributed by atoms with Crippen molar-refractivity contribution in [2.75, 3.05) is 6.54 Å². The average Bonchev–Trinajstić information content (AvgIpc) is 2.73. The van der Waals surface area contributed by atoms with Gasteiger partial charge in [-0.3, -0.25) is 4.98 Å². The summed E-state index contributed by atoms with van der Waals surface area (Å²) in [4.78, 5) is 10.4. The molecule has 4 N–H and O–H groups in total. The molecule has 2 aromatic rings. The maximum absolute atomic E-state index is 8.57. The van der Waals surface area contributed by atoms with Crippen LogP contribution in [-0.2, 0) is 6.42 Å². The quantitative estimate of drug-likeness (QED) is 0.674. The zero-order chi connectivity index (χ0) is 10.9. The van der Waals surface area contributed by atoms with Gasteiger partial charge in [0.25, 0.3) is 0 Å². The minimum Gasteiger partial charge on any atom is -0.506 e. The van der Waals surface area contributed by atoms with Crippen LogP contribution in [0.4, 0.5) is 0 Å². The summed E-state index contributed by atoms with van der Waals surface area (Å²) in [6.07, 6.45) is 7.33. The van der Waals surface area contributed by atoms with Crippen LogP contribution < -0.4 is 5.73 Å². The van der Waals surface area contributed by atoms with Gasteiger partial charge in [0.2, 0.25) is 0 Å². The number of nitrogens with two attached hydrogens (primary N) is 1. The Kier molecular flexibility index (Phi) is 4.89. The van der Waals surface area contributed by atoms with Crippen LogP contribution in [0.25, 0.3) is 0 Å². The fraction of sp³-hybridized carbons (Fsp3) is 0.200. The lowest BCUT2D eigenvalue weighted by Crippen LogP contribution is -2.02. The first kappa shape index (κ1) is 11.2. The number of nitrogens with one attached hydrogen (secondary N) is 1. The lowest BCUT2D eigenvalue weighted by molar-refractivity contribution is 0.472. The summed E-state index contributed by atoms with van der Waals surface area (Å²) in [6, 6.07) is 3.25. The zero-order valence-corrected chi connectivity index (χ0v) is 8.30. The van der Waals surface area contributed by atoms with Crippen molar-refractivity contribution in [2.45, 2.75) is 6.42 Å². The molecule has 2 aromatic heterocycles. The Morgan fingerprint density at radius 3 is 2.60 bits per heavy atom. The Bertz CT molecular complexity index is 347. The Morgan fingerprint density at radius 2 is 2.20 bits per heavy atom. The molecule has 0 aliphatic carbocycles. The number of rotatable bonds is 2. The normalized spacial score (nSPS) is 9.13. The maximum Gasteiger partial charge on any atom is 0.133 e. The van der Waals surface area contributed by atoms with Gasteiger partial charge in [-0.2, -0.15) is 0 Å². The molecule has 0 fully saturated rings. The molecule has 0 bridgehead atoms. The van der Waals surface area contributed by atoms with Gasteiger partial charge in [-0.1, -0.05) is 0 Å². The summed E-state index contributed by atoms with van der Waals surface area (Å²) >= 11 is 0. The second-order valence-corrected chi connectivity index (χ2v) is 2.83. The first-order valence-electron chi connectivity index (χ1n) is 4.59. The van der Waals surface area contributed by atoms with Gasteiger partial charge in [0.1, 0.15) is 5.75 Å². The van der Waals surface area contributed by atoms with Gasteiger partial charge in [0.15, 0.2) is 0 Å².